The number of sulfonamides is 1. The molecule has 0 atom stereocenters. The molecule has 0 spiro atoms. The molecule has 0 aliphatic carbocycles. The molecule has 0 saturated carbocycles. The number of hydrogen-bond donors (Lipinski definition) is 1. The molecule has 6 nitrogen and oxygen atoms in total. The number of thiazole rings is 1. The van der Waals surface area contributed by atoms with Crippen LogP contribution in [0.25, 0.3) is 10.2 Å². The zero-order chi connectivity index (χ0) is 19.9. The van der Waals surface area contributed by atoms with E-state index in [1.807, 2.05) is 32.0 Å². The topological polar surface area (TPSA) is 79.4 Å². The van der Waals surface area contributed by atoms with Crippen molar-refractivity contribution in [2.24, 2.45) is 0 Å². The summed E-state index contributed by atoms with van der Waals surface area (Å²) in [5.74, 6) is -0.226. The van der Waals surface area contributed by atoms with Crippen LogP contribution < -0.4 is 5.32 Å². The van der Waals surface area contributed by atoms with E-state index < -0.39 is 10.0 Å². The molecular weight excluding hydrogens is 394 g/mol. The number of carbonyl (C=O) groups excluding carboxylic acids is 1. The minimum atomic E-state index is -3.47. The maximum absolute atomic E-state index is 12.8. The van der Waals surface area contributed by atoms with E-state index in [4.69, 9.17) is 0 Å². The fourth-order valence-corrected chi connectivity index (χ4v) is 5.99. The summed E-state index contributed by atoms with van der Waals surface area (Å²) >= 11 is 1.28. The van der Waals surface area contributed by atoms with Crippen LogP contribution in [0, 0.1) is 13.8 Å². The van der Waals surface area contributed by atoms with E-state index in [1.54, 1.807) is 18.2 Å². The Labute approximate surface area is 168 Å². The fourth-order valence-electron chi connectivity index (χ4n) is 3.47. The lowest BCUT2D eigenvalue weighted by molar-refractivity contribution is 0.102. The van der Waals surface area contributed by atoms with E-state index in [1.165, 1.54) is 15.6 Å². The number of aryl methyl sites for hydroxylation is 2. The highest BCUT2D eigenvalue weighted by atomic mass is 32.2. The molecule has 1 saturated heterocycles. The van der Waals surface area contributed by atoms with Gasteiger partial charge in [0.15, 0.2) is 5.13 Å². The maximum atomic E-state index is 12.8. The second-order valence-electron chi connectivity index (χ2n) is 7.09. The van der Waals surface area contributed by atoms with Gasteiger partial charge in [-0.3, -0.25) is 10.1 Å². The van der Waals surface area contributed by atoms with E-state index in [0.29, 0.717) is 29.3 Å². The predicted octanol–water partition coefficient (Wildman–Crippen LogP) is 3.95. The Kier molecular flexibility index (Phi) is 4.95. The molecule has 2 aromatic carbocycles. The second kappa shape index (κ2) is 7.27. The molecule has 146 valence electrons. The van der Waals surface area contributed by atoms with Crippen LogP contribution in [0.2, 0.25) is 0 Å². The lowest BCUT2D eigenvalue weighted by atomic mass is 10.1. The summed E-state index contributed by atoms with van der Waals surface area (Å²) < 4.78 is 27.8. The first kappa shape index (κ1) is 19.0. The quantitative estimate of drug-likeness (QED) is 0.700. The van der Waals surface area contributed by atoms with Gasteiger partial charge in [-0.05, 0) is 57.0 Å². The first-order chi connectivity index (χ1) is 13.3. The van der Waals surface area contributed by atoms with Gasteiger partial charge in [0.1, 0.15) is 0 Å². The van der Waals surface area contributed by atoms with E-state index in [9.17, 15) is 13.2 Å². The number of fused-ring (bicyclic) bond motifs is 1. The van der Waals surface area contributed by atoms with Crippen molar-refractivity contribution in [2.45, 2.75) is 31.6 Å². The van der Waals surface area contributed by atoms with E-state index in [2.05, 4.69) is 10.3 Å². The van der Waals surface area contributed by atoms with Crippen LogP contribution in [-0.2, 0) is 10.0 Å². The second-order valence-corrected chi connectivity index (χ2v) is 10.1. The number of nitrogens with zero attached hydrogens (tertiary/aromatic N) is 2. The van der Waals surface area contributed by atoms with Gasteiger partial charge in [-0.1, -0.05) is 28.5 Å². The van der Waals surface area contributed by atoms with Gasteiger partial charge in [-0.15, -0.1) is 0 Å². The van der Waals surface area contributed by atoms with Gasteiger partial charge >= 0.3 is 0 Å². The van der Waals surface area contributed by atoms with Crippen molar-refractivity contribution in [3.63, 3.8) is 0 Å². The molecule has 1 fully saturated rings. The zero-order valence-corrected chi connectivity index (χ0v) is 17.4. The number of anilines is 1. The summed E-state index contributed by atoms with van der Waals surface area (Å²) in [5, 5.41) is 3.28. The molecule has 1 aliphatic heterocycles. The van der Waals surface area contributed by atoms with Crippen molar-refractivity contribution in [1.82, 2.24) is 9.29 Å². The summed E-state index contributed by atoms with van der Waals surface area (Å²) in [4.78, 5) is 17.2. The Morgan fingerprint density at radius 1 is 1.07 bits per heavy atom. The first-order valence-corrected chi connectivity index (χ1v) is 11.4. The first-order valence-electron chi connectivity index (χ1n) is 9.13. The van der Waals surface area contributed by atoms with Gasteiger partial charge in [0, 0.05) is 18.7 Å². The van der Waals surface area contributed by atoms with Gasteiger partial charge in [0.2, 0.25) is 10.0 Å². The van der Waals surface area contributed by atoms with Gasteiger partial charge in [-0.2, -0.15) is 4.31 Å². The summed E-state index contributed by atoms with van der Waals surface area (Å²) in [5.41, 5.74) is 3.28. The molecule has 3 aromatic rings. The predicted molar refractivity (Wildman–Crippen MR) is 111 cm³/mol. The van der Waals surface area contributed by atoms with Crippen molar-refractivity contribution in [3.05, 3.63) is 53.1 Å². The van der Waals surface area contributed by atoms with Crippen molar-refractivity contribution < 1.29 is 13.2 Å². The fraction of sp³-hybridized carbons (Fsp3) is 0.300. The number of benzene rings is 2. The molecule has 0 unspecified atom stereocenters. The average Bonchev–Trinajstić information content (AvgIpc) is 3.30. The van der Waals surface area contributed by atoms with Crippen molar-refractivity contribution in [3.8, 4) is 0 Å². The minimum absolute atomic E-state index is 0.226. The Bertz CT molecular complexity index is 1140. The van der Waals surface area contributed by atoms with Crippen LogP contribution in [0.5, 0.6) is 0 Å². The van der Waals surface area contributed by atoms with Crippen LogP contribution in [-0.4, -0.2) is 36.7 Å². The molecule has 0 bridgehead atoms. The van der Waals surface area contributed by atoms with Crippen molar-refractivity contribution >= 4 is 42.6 Å². The summed E-state index contributed by atoms with van der Waals surface area (Å²) in [7, 11) is -3.47. The van der Waals surface area contributed by atoms with E-state index in [-0.39, 0.29) is 10.8 Å². The zero-order valence-electron chi connectivity index (χ0n) is 15.7. The van der Waals surface area contributed by atoms with Gasteiger partial charge in [-0.25, -0.2) is 13.4 Å². The third-order valence-electron chi connectivity index (χ3n) is 4.77. The van der Waals surface area contributed by atoms with Gasteiger partial charge in [0.05, 0.1) is 15.1 Å². The van der Waals surface area contributed by atoms with Crippen LogP contribution in [0.15, 0.2) is 41.3 Å². The van der Waals surface area contributed by atoms with E-state index in [0.717, 1.165) is 28.7 Å². The third kappa shape index (κ3) is 3.67. The molecular formula is C20H21N3O3S2. The summed E-state index contributed by atoms with van der Waals surface area (Å²) in [6, 6.07) is 10.6. The van der Waals surface area contributed by atoms with Gasteiger partial charge in [0.25, 0.3) is 5.91 Å². The highest BCUT2D eigenvalue weighted by Gasteiger charge is 2.27. The highest BCUT2D eigenvalue weighted by Crippen LogP contribution is 2.30. The largest absolute Gasteiger partial charge is 0.298 e. The normalized spacial score (nSPS) is 15.2. The monoisotopic (exact) mass is 415 g/mol. The van der Waals surface area contributed by atoms with Crippen LogP contribution in [0.1, 0.15) is 34.3 Å². The minimum Gasteiger partial charge on any atom is -0.298 e. The molecule has 1 aromatic heterocycles. The van der Waals surface area contributed by atoms with Crippen LogP contribution in [0.4, 0.5) is 5.13 Å². The highest BCUT2D eigenvalue weighted by molar-refractivity contribution is 7.89. The molecule has 28 heavy (non-hydrogen) atoms. The molecule has 8 heteroatoms. The number of hydrogen-bond acceptors (Lipinski definition) is 5. The molecule has 0 radical (unpaired) electrons. The van der Waals surface area contributed by atoms with Crippen LogP contribution >= 0.6 is 11.3 Å². The molecule has 2 heterocycles. The van der Waals surface area contributed by atoms with E-state index >= 15 is 0 Å². The Hall–Kier alpha value is -2.29. The molecule has 1 N–H and O–H groups in total. The Balaban J connectivity index is 1.60. The summed E-state index contributed by atoms with van der Waals surface area (Å²) in [6.45, 7) is 5.04. The SMILES string of the molecule is Cc1cc(C)cc(C(=O)Nc2nc3ccc(S(=O)(=O)N4CCCC4)cc3s2)c1. The lowest BCUT2D eigenvalue weighted by Gasteiger charge is -2.15. The number of carbonyl (C=O) groups is 1. The van der Waals surface area contributed by atoms with Crippen molar-refractivity contribution in [2.75, 3.05) is 18.4 Å². The number of rotatable bonds is 4. The maximum Gasteiger partial charge on any atom is 0.257 e. The summed E-state index contributed by atoms with van der Waals surface area (Å²) in [6.07, 6.45) is 1.80. The number of amides is 1. The van der Waals surface area contributed by atoms with Crippen LogP contribution in [0.3, 0.4) is 0 Å². The molecule has 1 amide bonds. The lowest BCUT2D eigenvalue weighted by Crippen LogP contribution is -2.27. The van der Waals surface area contributed by atoms with Crippen molar-refractivity contribution in [1.29, 1.82) is 0 Å². The molecule has 1 aliphatic rings. The van der Waals surface area contributed by atoms with Gasteiger partial charge < -0.3 is 0 Å². The smallest absolute Gasteiger partial charge is 0.257 e. The standard InChI is InChI=1S/C20H21N3O3S2/c1-13-9-14(2)11-15(10-13)19(24)22-20-21-17-6-5-16(12-18(17)27-20)28(25,26)23-7-3-4-8-23/h5-6,9-12H,3-4,7-8H2,1-2H3,(H,21,22,24). The third-order valence-corrected chi connectivity index (χ3v) is 7.60. The Morgan fingerprint density at radius 2 is 1.75 bits per heavy atom. The number of aromatic nitrogens is 1. The average molecular weight is 416 g/mol. The Morgan fingerprint density at radius 3 is 2.43 bits per heavy atom. The molecule has 4 rings (SSSR count). The number of nitrogens with one attached hydrogen (secondary N) is 1.